The highest BCUT2D eigenvalue weighted by molar-refractivity contribution is 7.12. The van der Waals surface area contributed by atoms with Gasteiger partial charge in [0.05, 0.1) is 11.4 Å². The minimum absolute atomic E-state index is 0.102. The maximum absolute atomic E-state index is 12.6. The molecule has 0 unspecified atom stereocenters. The van der Waals surface area contributed by atoms with Gasteiger partial charge in [-0.2, -0.15) is 0 Å². The summed E-state index contributed by atoms with van der Waals surface area (Å²) in [6, 6.07) is 11.2. The number of hydrogen-bond acceptors (Lipinski definition) is 4. The van der Waals surface area contributed by atoms with Crippen molar-refractivity contribution >= 4 is 22.9 Å². The Labute approximate surface area is 150 Å². The molecule has 2 aromatic heterocycles. The number of nitrogens with one attached hydrogen (secondary N) is 1. The first-order valence-electron chi connectivity index (χ1n) is 8.03. The van der Waals surface area contributed by atoms with E-state index < -0.39 is 0 Å². The number of hydrogen-bond donors (Lipinski definition) is 1. The van der Waals surface area contributed by atoms with E-state index >= 15 is 0 Å². The third-order valence-electron chi connectivity index (χ3n) is 3.84. The summed E-state index contributed by atoms with van der Waals surface area (Å²) in [5.41, 5.74) is 2.39. The van der Waals surface area contributed by atoms with Crippen LogP contribution in [-0.4, -0.2) is 15.5 Å². The third-order valence-corrected chi connectivity index (χ3v) is 4.77. The molecule has 0 saturated heterocycles. The van der Waals surface area contributed by atoms with Crippen LogP contribution in [0.2, 0.25) is 0 Å². The highest BCUT2D eigenvalue weighted by Crippen LogP contribution is 2.25. The first-order chi connectivity index (χ1) is 12.0. The summed E-state index contributed by atoms with van der Waals surface area (Å²) in [6.45, 7) is 4.56. The number of carbonyl (C=O) groups is 1. The van der Waals surface area contributed by atoms with E-state index in [9.17, 15) is 9.59 Å². The predicted molar refractivity (Wildman–Crippen MR) is 100 cm³/mol. The highest BCUT2D eigenvalue weighted by Gasteiger charge is 2.15. The number of aromatic nitrogens is 2. The SMILES string of the molecule is CC(C)c1ccsc1C(=O)Nc1cccc(Cn2cccnc2=O)c1. The molecule has 3 rings (SSSR count). The van der Waals surface area contributed by atoms with Crippen molar-refractivity contribution in [2.75, 3.05) is 5.32 Å². The molecule has 0 radical (unpaired) electrons. The lowest BCUT2D eigenvalue weighted by molar-refractivity contribution is 0.102. The Morgan fingerprint density at radius 2 is 2.12 bits per heavy atom. The Kier molecular flexibility index (Phi) is 5.09. The molecule has 3 aromatic rings. The van der Waals surface area contributed by atoms with E-state index in [1.807, 2.05) is 35.7 Å². The molecule has 0 atom stereocenters. The molecule has 1 aromatic carbocycles. The Hall–Kier alpha value is -2.73. The monoisotopic (exact) mass is 353 g/mol. The molecule has 5 nitrogen and oxygen atoms in total. The molecule has 128 valence electrons. The molecule has 0 fully saturated rings. The van der Waals surface area contributed by atoms with Gasteiger partial charge in [0.25, 0.3) is 5.91 Å². The lowest BCUT2D eigenvalue weighted by atomic mass is 10.0. The van der Waals surface area contributed by atoms with Crippen LogP contribution in [0.25, 0.3) is 0 Å². The fraction of sp³-hybridized carbons (Fsp3) is 0.211. The normalized spacial score (nSPS) is 10.8. The van der Waals surface area contributed by atoms with Gasteiger partial charge < -0.3 is 5.32 Å². The molecule has 25 heavy (non-hydrogen) atoms. The maximum atomic E-state index is 12.6. The van der Waals surface area contributed by atoms with Crippen molar-refractivity contribution in [2.45, 2.75) is 26.3 Å². The van der Waals surface area contributed by atoms with Crippen LogP contribution in [-0.2, 0) is 6.54 Å². The van der Waals surface area contributed by atoms with Gasteiger partial charge in [-0.15, -0.1) is 11.3 Å². The largest absolute Gasteiger partial charge is 0.347 e. The zero-order valence-electron chi connectivity index (χ0n) is 14.1. The Bertz CT molecular complexity index is 943. The molecule has 1 N–H and O–H groups in total. The van der Waals surface area contributed by atoms with Crippen molar-refractivity contribution in [2.24, 2.45) is 0 Å². The van der Waals surface area contributed by atoms with Crippen LogP contribution in [0.1, 0.15) is 40.6 Å². The smallest absolute Gasteiger partial charge is 0.321 e. The molecule has 0 spiro atoms. The summed E-state index contributed by atoms with van der Waals surface area (Å²) < 4.78 is 1.52. The Morgan fingerprint density at radius 3 is 2.88 bits per heavy atom. The number of amides is 1. The Balaban J connectivity index is 1.78. The average molecular weight is 353 g/mol. The van der Waals surface area contributed by atoms with E-state index in [-0.39, 0.29) is 11.6 Å². The molecule has 0 aliphatic carbocycles. The van der Waals surface area contributed by atoms with Crippen LogP contribution >= 0.6 is 11.3 Å². The van der Waals surface area contributed by atoms with Crippen molar-refractivity contribution < 1.29 is 4.79 Å². The van der Waals surface area contributed by atoms with Gasteiger partial charge in [-0.3, -0.25) is 9.36 Å². The minimum Gasteiger partial charge on any atom is -0.321 e. The maximum Gasteiger partial charge on any atom is 0.347 e. The summed E-state index contributed by atoms with van der Waals surface area (Å²) in [4.78, 5) is 28.8. The van der Waals surface area contributed by atoms with Gasteiger partial charge in [0.2, 0.25) is 0 Å². The molecule has 0 saturated carbocycles. The van der Waals surface area contributed by atoms with Gasteiger partial charge in [-0.1, -0.05) is 26.0 Å². The first kappa shape index (κ1) is 17.1. The number of anilines is 1. The third kappa shape index (κ3) is 4.03. The van der Waals surface area contributed by atoms with Crippen molar-refractivity contribution in [3.05, 3.63) is 80.7 Å². The second kappa shape index (κ2) is 7.44. The van der Waals surface area contributed by atoms with Crippen molar-refractivity contribution in [3.63, 3.8) is 0 Å². The van der Waals surface area contributed by atoms with E-state index in [0.29, 0.717) is 18.2 Å². The van der Waals surface area contributed by atoms with Crippen LogP contribution in [0, 0.1) is 0 Å². The zero-order valence-corrected chi connectivity index (χ0v) is 14.9. The van der Waals surface area contributed by atoms with Gasteiger partial charge >= 0.3 is 5.69 Å². The number of benzene rings is 1. The van der Waals surface area contributed by atoms with E-state index in [4.69, 9.17) is 0 Å². The van der Waals surface area contributed by atoms with Crippen molar-refractivity contribution in [1.82, 2.24) is 9.55 Å². The fourth-order valence-electron chi connectivity index (χ4n) is 2.60. The quantitative estimate of drug-likeness (QED) is 0.760. The minimum atomic E-state index is -0.294. The van der Waals surface area contributed by atoms with Gasteiger partial charge in [-0.25, -0.2) is 9.78 Å². The van der Waals surface area contributed by atoms with Crippen LogP contribution in [0.5, 0.6) is 0 Å². The summed E-state index contributed by atoms with van der Waals surface area (Å²) in [7, 11) is 0. The summed E-state index contributed by atoms with van der Waals surface area (Å²) in [5, 5.41) is 4.89. The van der Waals surface area contributed by atoms with Crippen LogP contribution in [0.4, 0.5) is 5.69 Å². The molecule has 6 heteroatoms. The summed E-state index contributed by atoms with van der Waals surface area (Å²) >= 11 is 1.45. The van der Waals surface area contributed by atoms with Crippen LogP contribution in [0.15, 0.2) is 59.0 Å². The first-order valence-corrected chi connectivity index (χ1v) is 8.91. The average Bonchev–Trinajstić information content (AvgIpc) is 3.07. The fourth-order valence-corrected chi connectivity index (χ4v) is 3.55. The van der Waals surface area contributed by atoms with E-state index in [1.165, 1.54) is 22.1 Å². The lowest BCUT2D eigenvalue weighted by Gasteiger charge is -2.10. The van der Waals surface area contributed by atoms with E-state index in [1.54, 1.807) is 12.3 Å². The van der Waals surface area contributed by atoms with Crippen molar-refractivity contribution in [3.8, 4) is 0 Å². The number of nitrogens with zero attached hydrogens (tertiary/aromatic N) is 2. The second-order valence-electron chi connectivity index (χ2n) is 6.04. The standard InChI is InChI=1S/C19H19N3O2S/c1-13(2)16-7-10-25-17(16)18(23)21-15-6-3-5-14(11-15)12-22-9-4-8-20-19(22)24/h3-11,13H,12H2,1-2H3,(H,21,23). The number of rotatable bonds is 5. The van der Waals surface area contributed by atoms with Gasteiger partial charge in [-0.05, 0) is 46.7 Å². The topological polar surface area (TPSA) is 64.0 Å². The highest BCUT2D eigenvalue weighted by atomic mass is 32.1. The molecular weight excluding hydrogens is 334 g/mol. The molecule has 2 heterocycles. The van der Waals surface area contributed by atoms with Gasteiger partial charge in [0, 0.05) is 18.1 Å². The molecule has 0 aliphatic heterocycles. The van der Waals surface area contributed by atoms with E-state index in [2.05, 4.69) is 24.1 Å². The molecule has 0 bridgehead atoms. The zero-order chi connectivity index (χ0) is 17.8. The van der Waals surface area contributed by atoms with Gasteiger partial charge in [0.1, 0.15) is 0 Å². The van der Waals surface area contributed by atoms with Crippen LogP contribution < -0.4 is 11.0 Å². The number of carbonyl (C=O) groups excluding carboxylic acids is 1. The van der Waals surface area contributed by atoms with Gasteiger partial charge in [0.15, 0.2) is 0 Å². The molecule has 1 amide bonds. The van der Waals surface area contributed by atoms with Crippen molar-refractivity contribution in [1.29, 1.82) is 0 Å². The second-order valence-corrected chi connectivity index (χ2v) is 6.96. The summed E-state index contributed by atoms with van der Waals surface area (Å²) in [6.07, 6.45) is 3.17. The van der Waals surface area contributed by atoms with E-state index in [0.717, 1.165) is 16.0 Å². The van der Waals surface area contributed by atoms with Crippen LogP contribution in [0.3, 0.4) is 0 Å². The molecular formula is C19H19N3O2S. The molecule has 0 aliphatic rings. The predicted octanol–water partition coefficient (Wildman–Crippen LogP) is 3.73. The lowest BCUT2D eigenvalue weighted by Crippen LogP contribution is -2.22. The number of thiophene rings is 1. The Morgan fingerprint density at radius 1 is 1.28 bits per heavy atom. The summed E-state index contributed by atoms with van der Waals surface area (Å²) in [5.74, 6) is 0.199.